The van der Waals surface area contributed by atoms with Crippen molar-refractivity contribution >= 4 is 21.9 Å². The number of hydrogen-bond acceptors (Lipinski definition) is 3. The second-order valence-corrected chi connectivity index (χ2v) is 4.15. The zero-order valence-electron chi connectivity index (χ0n) is 9.38. The monoisotopic (exact) mass is 326 g/mol. The molecular weight excluding hydrogens is 317 g/mol. The highest BCUT2D eigenvalue weighted by Crippen LogP contribution is 2.31. The van der Waals surface area contributed by atoms with Crippen LogP contribution in [0.15, 0.2) is 22.7 Å². The SMILES string of the molecule is CCOC(=O)Cc1ccc(Br)c(OC(F)(F)F)c1. The van der Waals surface area contributed by atoms with E-state index in [-0.39, 0.29) is 23.2 Å². The number of carbonyl (C=O) groups excluding carboxylic acids is 1. The van der Waals surface area contributed by atoms with Crippen molar-refractivity contribution < 1.29 is 27.4 Å². The molecule has 0 saturated carbocycles. The van der Waals surface area contributed by atoms with Gasteiger partial charge in [0.1, 0.15) is 5.75 Å². The van der Waals surface area contributed by atoms with Crippen molar-refractivity contribution in [2.75, 3.05) is 6.61 Å². The lowest BCUT2D eigenvalue weighted by molar-refractivity contribution is -0.274. The summed E-state index contributed by atoms with van der Waals surface area (Å²) in [5.41, 5.74) is 0.385. The zero-order chi connectivity index (χ0) is 13.8. The van der Waals surface area contributed by atoms with Gasteiger partial charge in [0.15, 0.2) is 0 Å². The van der Waals surface area contributed by atoms with Gasteiger partial charge in [0.25, 0.3) is 0 Å². The van der Waals surface area contributed by atoms with Crippen LogP contribution in [0, 0.1) is 0 Å². The Hall–Kier alpha value is -1.24. The molecule has 0 fully saturated rings. The van der Waals surface area contributed by atoms with Gasteiger partial charge >= 0.3 is 12.3 Å². The van der Waals surface area contributed by atoms with Crippen LogP contribution in [-0.2, 0) is 16.0 Å². The van der Waals surface area contributed by atoms with Crippen LogP contribution in [0.5, 0.6) is 5.75 Å². The molecule has 0 atom stereocenters. The Balaban J connectivity index is 2.84. The number of alkyl halides is 3. The van der Waals surface area contributed by atoms with Crippen LogP contribution in [0.3, 0.4) is 0 Å². The number of ether oxygens (including phenoxy) is 2. The predicted octanol–water partition coefficient (Wildman–Crippen LogP) is 3.45. The van der Waals surface area contributed by atoms with Gasteiger partial charge in [-0.05, 0) is 40.5 Å². The fourth-order valence-electron chi connectivity index (χ4n) is 1.24. The van der Waals surface area contributed by atoms with E-state index >= 15 is 0 Å². The molecular formula is C11H10BrF3O3. The summed E-state index contributed by atoms with van der Waals surface area (Å²) in [6.45, 7) is 1.87. The number of esters is 1. The smallest absolute Gasteiger partial charge is 0.466 e. The molecule has 0 unspecified atom stereocenters. The molecule has 0 aliphatic carbocycles. The molecule has 0 aliphatic heterocycles. The van der Waals surface area contributed by atoms with Crippen molar-refractivity contribution in [3.8, 4) is 5.75 Å². The summed E-state index contributed by atoms with van der Waals surface area (Å²) in [5.74, 6) is -0.887. The Bertz CT molecular complexity index is 432. The van der Waals surface area contributed by atoms with Gasteiger partial charge in [0, 0.05) is 0 Å². The van der Waals surface area contributed by atoms with Gasteiger partial charge < -0.3 is 9.47 Å². The molecule has 0 amide bonds. The molecule has 1 aromatic rings. The molecule has 100 valence electrons. The molecule has 1 aromatic carbocycles. The Morgan fingerprint density at radius 2 is 2.06 bits per heavy atom. The van der Waals surface area contributed by atoms with E-state index in [0.29, 0.717) is 5.56 Å². The number of hydrogen-bond donors (Lipinski definition) is 0. The maximum Gasteiger partial charge on any atom is 0.573 e. The van der Waals surface area contributed by atoms with Gasteiger partial charge in [-0.1, -0.05) is 6.07 Å². The van der Waals surface area contributed by atoms with Crippen LogP contribution in [-0.4, -0.2) is 18.9 Å². The van der Waals surface area contributed by atoms with Crippen LogP contribution in [0.1, 0.15) is 12.5 Å². The van der Waals surface area contributed by atoms with E-state index in [4.69, 9.17) is 4.74 Å². The normalized spacial score (nSPS) is 11.2. The van der Waals surface area contributed by atoms with Crippen LogP contribution < -0.4 is 4.74 Å². The van der Waals surface area contributed by atoms with Gasteiger partial charge in [0.05, 0.1) is 17.5 Å². The van der Waals surface area contributed by atoms with Gasteiger partial charge in [-0.25, -0.2) is 0 Å². The zero-order valence-corrected chi connectivity index (χ0v) is 11.0. The van der Waals surface area contributed by atoms with E-state index in [2.05, 4.69) is 20.7 Å². The molecule has 7 heteroatoms. The number of rotatable bonds is 4. The highest BCUT2D eigenvalue weighted by atomic mass is 79.9. The minimum Gasteiger partial charge on any atom is -0.466 e. The molecule has 0 saturated heterocycles. The average molecular weight is 327 g/mol. The first-order valence-electron chi connectivity index (χ1n) is 5.01. The molecule has 1 rings (SSSR count). The largest absolute Gasteiger partial charge is 0.573 e. The number of benzene rings is 1. The molecule has 0 bridgehead atoms. The first kappa shape index (κ1) is 14.8. The molecule has 0 aliphatic rings. The highest BCUT2D eigenvalue weighted by Gasteiger charge is 2.32. The highest BCUT2D eigenvalue weighted by molar-refractivity contribution is 9.10. The third kappa shape index (κ3) is 4.95. The maximum absolute atomic E-state index is 12.1. The molecule has 18 heavy (non-hydrogen) atoms. The molecule has 0 spiro atoms. The first-order valence-corrected chi connectivity index (χ1v) is 5.81. The summed E-state index contributed by atoms with van der Waals surface area (Å²) in [5, 5.41) is 0. The first-order chi connectivity index (χ1) is 8.31. The summed E-state index contributed by atoms with van der Waals surface area (Å²) in [6.07, 6.45) is -4.87. The lowest BCUT2D eigenvalue weighted by atomic mass is 10.1. The molecule has 0 N–H and O–H groups in total. The molecule has 0 radical (unpaired) electrons. The second-order valence-electron chi connectivity index (χ2n) is 3.29. The van der Waals surface area contributed by atoms with Crippen molar-refractivity contribution in [3.63, 3.8) is 0 Å². The summed E-state index contributed by atoms with van der Waals surface area (Å²) in [6, 6.07) is 4.05. The van der Waals surface area contributed by atoms with Gasteiger partial charge in [-0.3, -0.25) is 4.79 Å². The van der Waals surface area contributed by atoms with E-state index in [1.54, 1.807) is 6.92 Å². The van der Waals surface area contributed by atoms with Crippen LogP contribution >= 0.6 is 15.9 Å². The third-order valence-electron chi connectivity index (χ3n) is 1.88. The van der Waals surface area contributed by atoms with E-state index in [1.807, 2.05) is 0 Å². The fraction of sp³-hybridized carbons (Fsp3) is 0.364. The Morgan fingerprint density at radius 1 is 1.39 bits per heavy atom. The van der Waals surface area contributed by atoms with E-state index in [9.17, 15) is 18.0 Å². The number of carbonyl (C=O) groups is 1. The minimum absolute atomic E-state index is 0.102. The molecule has 0 heterocycles. The third-order valence-corrected chi connectivity index (χ3v) is 2.53. The molecule has 3 nitrogen and oxygen atoms in total. The Labute approximate surface area is 110 Å². The van der Waals surface area contributed by atoms with Crippen molar-refractivity contribution in [1.29, 1.82) is 0 Å². The van der Waals surface area contributed by atoms with E-state index in [1.165, 1.54) is 12.1 Å². The average Bonchev–Trinajstić information content (AvgIpc) is 2.21. The van der Waals surface area contributed by atoms with Crippen molar-refractivity contribution in [3.05, 3.63) is 28.2 Å². The minimum atomic E-state index is -4.77. The Kier molecular flexibility index (Phi) is 5.01. The second kappa shape index (κ2) is 6.08. The van der Waals surface area contributed by atoms with Crippen LogP contribution in [0.4, 0.5) is 13.2 Å². The topological polar surface area (TPSA) is 35.5 Å². The van der Waals surface area contributed by atoms with Gasteiger partial charge in [-0.2, -0.15) is 0 Å². The maximum atomic E-state index is 12.1. The van der Waals surface area contributed by atoms with Crippen molar-refractivity contribution in [1.82, 2.24) is 0 Å². The number of halogens is 4. The van der Waals surface area contributed by atoms with E-state index in [0.717, 1.165) is 6.07 Å². The molecule has 0 aromatic heterocycles. The summed E-state index contributed by atoms with van der Waals surface area (Å²) in [7, 11) is 0. The predicted molar refractivity (Wildman–Crippen MR) is 61.2 cm³/mol. The lowest BCUT2D eigenvalue weighted by Gasteiger charge is -2.11. The fourth-order valence-corrected chi connectivity index (χ4v) is 1.57. The summed E-state index contributed by atoms with van der Waals surface area (Å²) >= 11 is 2.94. The van der Waals surface area contributed by atoms with E-state index < -0.39 is 12.3 Å². The summed E-state index contributed by atoms with van der Waals surface area (Å²) < 4.78 is 45.0. The lowest BCUT2D eigenvalue weighted by Crippen LogP contribution is -2.17. The van der Waals surface area contributed by atoms with Crippen molar-refractivity contribution in [2.45, 2.75) is 19.7 Å². The summed E-state index contributed by atoms with van der Waals surface area (Å²) in [4.78, 5) is 11.2. The van der Waals surface area contributed by atoms with Gasteiger partial charge in [0.2, 0.25) is 0 Å². The van der Waals surface area contributed by atoms with Crippen LogP contribution in [0.2, 0.25) is 0 Å². The quantitative estimate of drug-likeness (QED) is 0.795. The van der Waals surface area contributed by atoms with Crippen LogP contribution in [0.25, 0.3) is 0 Å². The van der Waals surface area contributed by atoms with Gasteiger partial charge in [-0.15, -0.1) is 13.2 Å². The standard InChI is InChI=1S/C11H10BrF3O3/c1-2-17-10(16)6-7-3-4-8(12)9(5-7)18-11(13,14)15/h3-5H,2,6H2,1H3. The van der Waals surface area contributed by atoms with Crippen molar-refractivity contribution in [2.24, 2.45) is 0 Å². The Morgan fingerprint density at radius 3 is 2.61 bits per heavy atom.